The van der Waals surface area contributed by atoms with Crippen LogP contribution >= 0.6 is 0 Å². The van der Waals surface area contributed by atoms with E-state index >= 15 is 0 Å². The van der Waals surface area contributed by atoms with Crippen molar-refractivity contribution in [1.82, 2.24) is 0 Å². The maximum atomic E-state index is 2.66. The highest BCUT2D eigenvalue weighted by Gasteiger charge is 2.39. The third-order valence-corrected chi connectivity index (χ3v) is 15.0. The van der Waals surface area contributed by atoms with Crippen LogP contribution in [0.15, 0.2) is 95.3 Å². The molecule has 0 spiro atoms. The van der Waals surface area contributed by atoms with Gasteiger partial charge in [0.2, 0.25) is 0 Å². The van der Waals surface area contributed by atoms with E-state index in [1.807, 2.05) is 0 Å². The van der Waals surface area contributed by atoms with E-state index in [0.717, 1.165) is 12.8 Å². The molecule has 0 heterocycles. The molecule has 0 amide bonds. The minimum atomic E-state index is -1.89. The summed E-state index contributed by atoms with van der Waals surface area (Å²) in [6.45, 7) is 18.9. The Morgan fingerprint density at radius 2 is 1.00 bits per heavy atom. The summed E-state index contributed by atoms with van der Waals surface area (Å²) in [6, 6.07) is 33.7. The molecule has 0 saturated carbocycles. The topological polar surface area (TPSA) is 0 Å². The summed E-state index contributed by atoms with van der Waals surface area (Å²) >= 11 is 0. The summed E-state index contributed by atoms with van der Waals surface area (Å²) in [5, 5.41) is 3.42. The second-order valence-electron chi connectivity index (χ2n) is 15.2. The quantitative estimate of drug-likeness (QED) is 0.199. The maximum absolute atomic E-state index is 2.66. The van der Waals surface area contributed by atoms with Crippen molar-refractivity contribution in [3.05, 3.63) is 129 Å². The highest BCUT2D eigenvalue weighted by Crippen LogP contribution is 2.46. The van der Waals surface area contributed by atoms with E-state index in [9.17, 15) is 0 Å². The van der Waals surface area contributed by atoms with Crippen molar-refractivity contribution in [3.63, 3.8) is 0 Å². The predicted molar refractivity (Wildman–Crippen MR) is 191 cm³/mol. The van der Waals surface area contributed by atoms with Crippen molar-refractivity contribution < 1.29 is 0 Å². The van der Waals surface area contributed by atoms with Crippen molar-refractivity contribution in [2.45, 2.75) is 91.1 Å². The molecule has 6 rings (SSSR count). The molecule has 0 atom stereocenters. The van der Waals surface area contributed by atoms with E-state index in [4.69, 9.17) is 0 Å². The number of rotatable bonds is 6. The molecule has 0 saturated heterocycles. The number of hydrogen-bond acceptors (Lipinski definition) is 0. The first-order chi connectivity index (χ1) is 20.4. The first kappa shape index (κ1) is 29.6. The van der Waals surface area contributed by atoms with Gasteiger partial charge >= 0.3 is 0 Å². The van der Waals surface area contributed by atoms with E-state index in [1.54, 1.807) is 10.4 Å². The van der Waals surface area contributed by atoms with Crippen LogP contribution in [-0.2, 0) is 23.7 Å². The van der Waals surface area contributed by atoms with Crippen LogP contribution in [0.4, 0.5) is 0 Å². The Kier molecular flexibility index (Phi) is 7.54. The van der Waals surface area contributed by atoms with Crippen LogP contribution in [-0.4, -0.2) is 8.07 Å². The molecule has 4 aromatic rings. The fraction of sp³-hybridized carbons (Fsp3) is 0.333. The van der Waals surface area contributed by atoms with Gasteiger partial charge in [-0.2, -0.15) is 0 Å². The van der Waals surface area contributed by atoms with Crippen LogP contribution < -0.4 is 0 Å². The lowest BCUT2D eigenvalue weighted by Gasteiger charge is -2.31. The van der Waals surface area contributed by atoms with Crippen molar-refractivity contribution in [2.24, 2.45) is 0 Å². The van der Waals surface area contributed by atoms with Crippen molar-refractivity contribution in [1.29, 1.82) is 0 Å². The lowest BCUT2D eigenvalue weighted by atomic mass is 9.85. The molecule has 0 fully saturated rings. The largest absolute Gasteiger partial charge is 0.106 e. The zero-order valence-corrected chi connectivity index (χ0v) is 28.6. The summed E-state index contributed by atoms with van der Waals surface area (Å²) in [5.41, 5.74) is 14.4. The van der Waals surface area contributed by atoms with E-state index in [0.29, 0.717) is 0 Å². The van der Waals surface area contributed by atoms with Crippen molar-refractivity contribution in [2.75, 3.05) is 0 Å². The van der Waals surface area contributed by atoms with Gasteiger partial charge in [0.25, 0.3) is 0 Å². The van der Waals surface area contributed by atoms with Gasteiger partial charge in [-0.3, -0.25) is 0 Å². The Balaban J connectivity index is 1.40. The number of allylic oxidation sites excluding steroid dienone is 2. The highest BCUT2D eigenvalue weighted by molar-refractivity contribution is 6.93. The van der Waals surface area contributed by atoms with Crippen LogP contribution in [0.25, 0.3) is 34.4 Å². The molecule has 0 aliphatic heterocycles. The molecule has 0 bridgehead atoms. The van der Waals surface area contributed by atoms with Crippen LogP contribution in [0.3, 0.4) is 0 Å². The first-order valence-electron chi connectivity index (χ1n) is 16.3. The monoisotopic (exact) mass is 580 g/mol. The van der Waals surface area contributed by atoms with Crippen LogP contribution in [0.5, 0.6) is 0 Å². The third-order valence-electron chi connectivity index (χ3n) is 10.0. The summed E-state index contributed by atoms with van der Waals surface area (Å²) in [7, 11) is -1.89. The number of hydrogen-bond donors (Lipinski definition) is 0. The Bertz CT molecular complexity index is 1620. The zero-order valence-electron chi connectivity index (χ0n) is 27.6. The predicted octanol–water partition coefficient (Wildman–Crippen LogP) is 11.8. The smallest absolute Gasteiger partial charge is 0.0712 e. The van der Waals surface area contributed by atoms with Gasteiger partial charge in [0, 0.05) is 0 Å². The summed E-state index contributed by atoms with van der Waals surface area (Å²) in [6.07, 6.45) is 8.66. The second-order valence-corrected chi connectivity index (χ2v) is 19.6. The molecule has 0 N–H and O–H groups in total. The van der Waals surface area contributed by atoms with Crippen LogP contribution in [0.1, 0.15) is 88.3 Å². The summed E-state index contributed by atoms with van der Waals surface area (Å²) in [4.78, 5) is 0. The van der Waals surface area contributed by atoms with E-state index in [-0.39, 0.29) is 10.8 Å². The highest BCUT2D eigenvalue weighted by atomic mass is 28.3. The minimum absolute atomic E-state index is 0.137. The molecule has 2 aliphatic carbocycles. The van der Waals surface area contributed by atoms with E-state index in [1.165, 1.54) is 68.1 Å². The molecule has 4 aromatic carbocycles. The zero-order chi connectivity index (χ0) is 30.6. The Morgan fingerprint density at radius 1 is 0.581 bits per heavy atom. The summed E-state index contributed by atoms with van der Waals surface area (Å²) < 4.78 is 0. The van der Waals surface area contributed by atoms with Gasteiger partial charge in [-0.25, -0.2) is 0 Å². The average molecular weight is 581 g/mol. The van der Waals surface area contributed by atoms with Gasteiger partial charge in [-0.1, -0.05) is 175 Å². The standard InChI is InChI=1S/C42H48Si/c1-9-22-43(8,35-25-31-16-12-20-37(39(31)27-35)29-14-10-18-33(23-29)41(2,3)4)36-26-32-17-13-21-38(40(32)28-36)30-15-11-19-34(24-30)42(5,6)7/h10-21,23-24,27-28H,9,22,25-26H2,1-8H3. The Hall–Kier alpha value is -3.42. The number of fused-ring (bicyclic) bond motifs is 2. The normalized spacial score (nSPS) is 14.8. The molecule has 2 aliphatic rings. The molecule has 1 heteroatoms. The van der Waals surface area contributed by atoms with Gasteiger partial charge in [-0.05, 0) is 79.3 Å². The maximum Gasteiger partial charge on any atom is 0.106 e. The molecular formula is C42H48Si. The molecule has 43 heavy (non-hydrogen) atoms. The Morgan fingerprint density at radius 3 is 1.40 bits per heavy atom. The van der Waals surface area contributed by atoms with Gasteiger partial charge in [0.15, 0.2) is 0 Å². The fourth-order valence-electron chi connectivity index (χ4n) is 7.28. The second kappa shape index (κ2) is 10.9. The SMILES string of the molecule is CCC[Si](C)(C1=Cc2c(cccc2-c2cccc(C(C)(C)C)c2)C1)C1=Cc2c(cccc2-c2cccc(C(C)(C)C)c2)C1. The molecule has 0 aromatic heterocycles. The molecular weight excluding hydrogens is 533 g/mol. The molecule has 0 nitrogen and oxygen atoms in total. The van der Waals surface area contributed by atoms with Crippen LogP contribution in [0, 0.1) is 0 Å². The van der Waals surface area contributed by atoms with Crippen molar-refractivity contribution >= 4 is 20.2 Å². The third kappa shape index (κ3) is 5.53. The minimum Gasteiger partial charge on any atom is -0.0712 e. The van der Waals surface area contributed by atoms with Gasteiger partial charge < -0.3 is 0 Å². The lowest BCUT2D eigenvalue weighted by molar-refractivity contribution is 0.590. The van der Waals surface area contributed by atoms with Gasteiger partial charge in [0.1, 0.15) is 8.07 Å². The molecule has 0 unspecified atom stereocenters. The first-order valence-corrected chi connectivity index (χ1v) is 19.0. The fourth-order valence-corrected chi connectivity index (χ4v) is 11.4. The lowest BCUT2D eigenvalue weighted by Crippen LogP contribution is -2.36. The summed E-state index contributed by atoms with van der Waals surface area (Å²) in [5.74, 6) is 0. The Labute approximate surface area is 261 Å². The molecule has 220 valence electrons. The number of benzene rings is 4. The van der Waals surface area contributed by atoms with Crippen molar-refractivity contribution in [3.8, 4) is 22.3 Å². The van der Waals surface area contributed by atoms with Gasteiger partial charge in [0.05, 0.1) is 0 Å². The molecule has 0 radical (unpaired) electrons. The van der Waals surface area contributed by atoms with E-state index in [2.05, 4.69) is 152 Å². The van der Waals surface area contributed by atoms with E-state index < -0.39 is 8.07 Å². The average Bonchev–Trinajstić information content (AvgIpc) is 3.62. The van der Waals surface area contributed by atoms with Gasteiger partial charge in [-0.15, -0.1) is 0 Å². The van der Waals surface area contributed by atoms with Crippen LogP contribution in [0.2, 0.25) is 12.6 Å².